The van der Waals surface area contributed by atoms with Crippen molar-refractivity contribution < 1.29 is 23.7 Å². The van der Waals surface area contributed by atoms with E-state index in [2.05, 4.69) is 15.6 Å². The molecule has 0 aliphatic rings. The van der Waals surface area contributed by atoms with Crippen LogP contribution >= 0.6 is 0 Å². The Morgan fingerprint density at radius 1 is 0.774 bits per heavy atom. The largest absolute Gasteiger partial charge is 0.493 e. The van der Waals surface area contributed by atoms with E-state index in [1.165, 1.54) is 0 Å². The lowest BCUT2D eigenvalue weighted by atomic mass is 10.2. The minimum Gasteiger partial charge on any atom is -0.493 e. The van der Waals surface area contributed by atoms with Crippen LogP contribution in [0.15, 0.2) is 35.3 Å². The van der Waals surface area contributed by atoms with Gasteiger partial charge in [-0.25, -0.2) is 4.99 Å². The van der Waals surface area contributed by atoms with Crippen LogP contribution in [0.2, 0.25) is 0 Å². The molecule has 0 amide bonds. The Morgan fingerprint density at radius 2 is 1.42 bits per heavy atom. The van der Waals surface area contributed by atoms with Crippen LogP contribution in [0.3, 0.4) is 0 Å². The number of nitrogens with zero attached hydrogens (tertiary/aromatic N) is 1. The molecule has 0 saturated heterocycles. The summed E-state index contributed by atoms with van der Waals surface area (Å²) in [4.78, 5) is 4.68. The zero-order valence-corrected chi connectivity index (χ0v) is 19.2. The summed E-state index contributed by atoms with van der Waals surface area (Å²) in [6.45, 7) is 6.33. The molecule has 170 valence electrons. The lowest BCUT2D eigenvalue weighted by Gasteiger charge is -2.15. The van der Waals surface area contributed by atoms with Crippen LogP contribution in [0.4, 0.5) is 0 Å². The summed E-state index contributed by atoms with van der Waals surface area (Å²) in [5.41, 5.74) is 1.99. The maximum atomic E-state index is 5.58. The summed E-state index contributed by atoms with van der Waals surface area (Å²) in [5.74, 6) is 3.91. The van der Waals surface area contributed by atoms with Gasteiger partial charge in [0.2, 0.25) is 5.75 Å². The molecular weight excluding hydrogens is 398 g/mol. The fourth-order valence-electron chi connectivity index (χ4n) is 3.02. The van der Waals surface area contributed by atoms with Gasteiger partial charge in [0, 0.05) is 13.1 Å². The second kappa shape index (κ2) is 12.4. The van der Waals surface area contributed by atoms with Crippen molar-refractivity contribution in [1.82, 2.24) is 10.6 Å². The molecule has 0 fully saturated rings. The number of aliphatic imine (C=N–C) groups is 1. The van der Waals surface area contributed by atoms with Crippen molar-refractivity contribution in [2.75, 3.05) is 41.6 Å². The van der Waals surface area contributed by atoms with E-state index in [1.807, 2.05) is 44.2 Å². The van der Waals surface area contributed by atoms with Crippen molar-refractivity contribution in [1.29, 1.82) is 0 Å². The molecule has 0 unspecified atom stereocenters. The predicted molar refractivity (Wildman–Crippen MR) is 122 cm³/mol. The summed E-state index contributed by atoms with van der Waals surface area (Å²) in [6, 6.07) is 9.67. The third-order valence-electron chi connectivity index (χ3n) is 4.48. The van der Waals surface area contributed by atoms with Gasteiger partial charge in [0.1, 0.15) is 0 Å². The molecule has 0 aliphatic heterocycles. The van der Waals surface area contributed by atoms with Gasteiger partial charge in [0.25, 0.3) is 0 Å². The van der Waals surface area contributed by atoms with Crippen molar-refractivity contribution in [3.8, 4) is 28.7 Å². The molecule has 2 aromatic carbocycles. The van der Waals surface area contributed by atoms with Crippen LogP contribution in [0, 0.1) is 0 Å². The highest BCUT2D eigenvalue weighted by molar-refractivity contribution is 5.79. The van der Waals surface area contributed by atoms with Crippen LogP contribution in [0.1, 0.15) is 25.0 Å². The average molecular weight is 432 g/mol. The SMILES string of the molecule is CCNC(=NCc1cc(OC)c(OC)c(OC)c1)NCc1ccc(OCC)c(OC)c1. The fourth-order valence-corrected chi connectivity index (χ4v) is 3.02. The van der Waals surface area contributed by atoms with E-state index in [4.69, 9.17) is 23.7 Å². The molecule has 0 saturated carbocycles. The minimum atomic E-state index is 0.443. The van der Waals surface area contributed by atoms with Crippen molar-refractivity contribution in [2.24, 2.45) is 4.99 Å². The van der Waals surface area contributed by atoms with Gasteiger partial charge in [0.05, 0.1) is 41.6 Å². The highest BCUT2D eigenvalue weighted by Gasteiger charge is 2.13. The number of methoxy groups -OCH3 is 4. The van der Waals surface area contributed by atoms with E-state index in [9.17, 15) is 0 Å². The van der Waals surface area contributed by atoms with Crippen molar-refractivity contribution in [2.45, 2.75) is 26.9 Å². The van der Waals surface area contributed by atoms with Gasteiger partial charge < -0.3 is 34.3 Å². The molecule has 2 rings (SSSR count). The van der Waals surface area contributed by atoms with Gasteiger partial charge in [-0.1, -0.05) is 6.07 Å². The second-order valence-electron chi connectivity index (χ2n) is 6.50. The maximum Gasteiger partial charge on any atom is 0.203 e. The van der Waals surface area contributed by atoms with Gasteiger partial charge in [-0.15, -0.1) is 0 Å². The number of guanidine groups is 1. The molecule has 0 atom stereocenters. The summed E-state index contributed by atoms with van der Waals surface area (Å²) >= 11 is 0. The number of nitrogens with one attached hydrogen (secondary N) is 2. The molecule has 2 aromatic rings. The molecule has 0 radical (unpaired) electrons. The molecule has 8 nitrogen and oxygen atoms in total. The second-order valence-corrected chi connectivity index (χ2v) is 6.50. The van der Waals surface area contributed by atoms with Crippen molar-refractivity contribution in [3.05, 3.63) is 41.5 Å². The number of hydrogen-bond acceptors (Lipinski definition) is 6. The van der Waals surface area contributed by atoms with Crippen LogP contribution in [0.25, 0.3) is 0 Å². The zero-order chi connectivity index (χ0) is 22.6. The number of rotatable bonds is 11. The molecule has 31 heavy (non-hydrogen) atoms. The summed E-state index contributed by atoms with van der Waals surface area (Å²) in [5, 5.41) is 6.60. The summed E-state index contributed by atoms with van der Waals surface area (Å²) < 4.78 is 27.2. The Balaban J connectivity index is 2.14. The average Bonchev–Trinajstić information content (AvgIpc) is 2.80. The first-order chi connectivity index (χ1) is 15.1. The summed E-state index contributed by atoms with van der Waals surface area (Å²) in [6.07, 6.45) is 0. The monoisotopic (exact) mass is 431 g/mol. The predicted octanol–water partition coefficient (Wildman–Crippen LogP) is 3.38. The topological polar surface area (TPSA) is 82.6 Å². The maximum absolute atomic E-state index is 5.58. The quantitative estimate of drug-likeness (QED) is 0.417. The first-order valence-electron chi connectivity index (χ1n) is 10.2. The Hall–Kier alpha value is -3.29. The van der Waals surface area contributed by atoms with E-state index in [0.29, 0.717) is 48.7 Å². The van der Waals surface area contributed by atoms with Gasteiger partial charge in [-0.3, -0.25) is 0 Å². The van der Waals surface area contributed by atoms with E-state index in [1.54, 1.807) is 28.4 Å². The number of benzene rings is 2. The third kappa shape index (κ3) is 6.60. The smallest absolute Gasteiger partial charge is 0.203 e. The molecule has 0 spiro atoms. The van der Waals surface area contributed by atoms with Crippen molar-refractivity contribution in [3.63, 3.8) is 0 Å². The van der Waals surface area contributed by atoms with Crippen LogP contribution in [-0.4, -0.2) is 47.6 Å². The molecule has 0 aliphatic carbocycles. The lowest BCUT2D eigenvalue weighted by Crippen LogP contribution is -2.36. The Morgan fingerprint density at radius 3 is 1.97 bits per heavy atom. The van der Waals surface area contributed by atoms with Gasteiger partial charge in [-0.05, 0) is 49.2 Å². The highest BCUT2D eigenvalue weighted by atomic mass is 16.5. The summed E-state index contributed by atoms with van der Waals surface area (Å²) in [7, 11) is 6.42. The highest BCUT2D eigenvalue weighted by Crippen LogP contribution is 2.38. The first-order valence-corrected chi connectivity index (χ1v) is 10.2. The molecule has 0 bridgehead atoms. The standard InChI is InChI=1S/C23H33N3O5/c1-7-24-23(25-14-16-9-10-18(31-8-2)19(11-16)27-3)26-15-17-12-20(28-4)22(30-6)21(13-17)29-5/h9-13H,7-8,14-15H2,1-6H3,(H2,24,25,26). The Labute approximate surface area is 184 Å². The van der Waals surface area contributed by atoms with Gasteiger partial charge >= 0.3 is 0 Å². The van der Waals surface area contributed by atoms with E-state index in [-0.39, 0.29) is 0 Å². The van der Waals surface area contributed by atoms with Crippen molar-refractivity contribution >= 4 is 5.96 Å². The van der Waals surface area contributed by atoms with Crippen LogP contribution in [0.5, 0.6) is 28.7 Å². The molecular formula is C23H33N3O5. The van der Waals surface area contributed by atoms with Crippen LogP contribution < -0.4 is 34.3 Å². The molecule has 2 N–H and O–H groups in total. The molecule has 0 aromatic heterocycles. The van der Waals surface area contributed by atoms with Gasteiger partial charge in [-0.2, -0.15) is 0 Å². The number of hydrogen-bond donors (Lipinski definition) is 2. The van der Waals surface area contributed by atoms with E-state index >= 15 is 0 Å². The Kier molecular flexibility index (Phi) is 9.61. The third-order valence-corrected chi connectivity index (χ3v) is 4.48. The van der Waals surface area contributed by atoms with E-state index in [0.717, 1.165) is 23.4 Å². The molecule has 8 heteroatoms. The lowest BCUT2D eigenvalue weighted by molar-refractivity contribution is 0.310. The van der Waals surface area contributed by atoms with Crippen LogP contribution in [-0.2, 0) is 13.1 Å². The Bertz CT molecular complexity index is 845. The van der Waals surface area contributed by atoms with E-state index < -0.39 is 0 Å². The number of ether oxygens (including phenoxy) is 5. The van der Waals surface area contributed by atoms with Gasteiger partial charge in [0.15, 0.2) is 29.0 Å². The normalized spacial score (nSPS) is 11.0. The minimum absolute atomic E-state index is 0.443. The molecule has 0 heterocycles. The zero-order valence-electron chi connectivity index (χ0n) is 19.2. The first kappa shape index (κ1) is 24.0. The fraction of sp³-hybridized carbons (Fsp3) is 0.435.